The zero-order chi connectivity index (χ0) is 20.5. The molecule has 1 saturated heterocycles. The van der Waals surface area contributed by atoms with Crippen molar-refractivity contribution >= 4 is 22.9 Å². The lowest BCUT2D eigenvalue weighted by atomic mass is 10.1. The summed E-state index contributed by atoms with van der Waals surface area (Å²) >= 11 is 0. The monoisotopic (exact) mass is 400 g/mol. The van der Waals surface area contributed by atoms with Gasteiger partial charge in [0.05, 0.1) is 26.1 Å². The highest BCUT2D eigenvalue weighted by Gasteiger charge is 2.45. The quantitative estimate of drug-likeness (QED) is 0.442. The van der Waals surface area contributed by atoms with Crippen molar-refractivity contribution in [3.8, 4) is 5.75 Å². The van der Waals surface area contributed by atoms with Crippen molar-refractivity contribution in [2.75, 3.05) is 19.5 Å². The lowest BCUT2D eigenvalue weighted by molar-refractivity contribution is -0.0489. The van der Waals surface area contributed by atoms with Crippen LogP contribution in [0.3, 0.4) is 0 Å². The van der Waals surface area contributed by atoms with Crippen molar-refractivity contribution in [1.82, 2.24) is 24.8 Å². The van der Waals surface area contributed by atoms with Crippen LogP contribution in [0.25, 0.3) is 11.2 Å². The summed E-state index contributed by atoms with van der Waals surface area (Å²) in [6.07, 6.45) is -0.230. The Hall–Kier alpha value is -3.28. The summed E-state index contributed by atoms with van der Waals surface area (Å²) in [5, 5.41) is 23.3. The molecule has 5 N–H and O–H groups in total. The van der Waals surface area contributed by atoms with Gasteiger partial charge in [0.15, 0.2) is 17.7 Å². The smallest absolute Gasteiger partial charge is 0.251 e. The maximum atomic E-state index is 12.7. The first kappa shape index (κ1) is 19.1. The third-order valence-electron chi connectivity index (χ3n) is 4.85. The van der Waals surface area contributed by atoms with Crippen LogP contribution >= 0.6 is 0 Å². The van der Waals surface area contributed by atoms with Crippen molar-refractivity contribution < 1.29 is 24.5 Å². The first-order chi connectivity index (χ1) is 14.0. The van der Waals surface area contributed by atoms with Gasteiger partial charge in [0.25, 0.3) is 5.91 Å². The minimum atomic E-state index is -1.17. The molecule has 3 heterocycles. The molecule has 4 atom stereocenters. The third-order valence-corrected chi connectivity index (χ3v) is 4.85. The third kappa shape index (κ3) is 3.35. The van der Waals surface area contributed by atoms with Crippen LogP contribution in [-0.2, 0) is 4.74 Å². The van der Waals surface area contributed by atoms with Crippen LogP contribution in [0.15, 0.2) is 36.9 Å². The van der Waals surface area contributed by atoms with Crippen LogP contribution in [0.2, 0.25) is 0 Å². The average Bonchev–Trinajstić information content (AvgIpc) is 3.30. The molecule has 1 unspecified atom stereocenters. The number of ether oxygens (including phenoxy) is 2. The fourth-order valence-corrected chi connectivity index (χ4v) is 3.36. The van der Waals surface area contributed by atoms with Crippen LogP contribution in [0.5, 0.6) is 5.75 Å². The largest absolute Gasteiger partial charge is 0.497 e. The number of aliphatic hydroxyl groups is 2. The van der Waals surface area contributed by atoms with E-state index in [-0.39, 0.29) is 5.82 Å². The van der Waals surface area contributed by atoms with Crippen LogP contribution in [0.1, 0.15) is 16.6 Å². The molecule has 2 aromatic heterocycles. The lowest BCUT2D eigenvalue weighted by Crippen LogP contribution is -2.48. The van der Waals surface area contributed by atoms with Gasteiger partial charge < -0.3 is 30.7 Å². The molecule has 11 heteroatoms. The molecule has 0 aliphatic carbocycles. The number of hydrogen-bond donors (Lipinski definition) is 4. The molecule has 3 aromatic rings. The van der Waals surface area contributed by atoms with E-state index < -0.39 is 37.0 Å². The molecule has 0 spiro atoms. The summed E-state index contributed by atoms with van der Waals surface area (Å²) in [6.45, 7) is -0.402. The second-order valence-electron chi connectivity index (χ2n) is 6.55. The SMILES string of the molecule is COc1cccc(C(=O)N[C@@H]2C(O)[C@H](n3cnc4c(N)ncnc43)O[C@@H]2CO)c1. The zero-order valence-electron chi connectivity index (χ0n) is 15.5. The number of nitrogens with one attached hydrogen (secondary N) is 1. The van der Waals surface area contributed by atoms with E-state index in [1.807, 2.05) is 0 Å². The fraction of sp³-hybridized carbons (Fsp3) is 0.333. The summed E-state index contributed by atoms with van der Waals surface area (Å²) < 4.78 is 12.4. The van der Waals surface area contributed by atoms with E-state index in [0.717, 1.165) is 0 Å². The highest BCUT2D eigenvalue weighted by atomic mass is 16.5. The number of methoxy groups -OCH3 is 1. The molecule has 1 aliphatic heterocycles. The van der Waals surface area contributed by atoms with Gasteiger partial charge >= 0.3 is 0 Å². The van der Waals surface area contributed by atoms with Gasteiger partial charge in [0.1, 0.15) is 29.8 Å². The fourth-order valence-electron chi connectivity index (χ4n) is 3.36. The molecule has 1 aliphatic rings. The number of nitrogens with two attached hydrogens (primary N) is 1. The number of aliphatic hydroxyl groups excluding tert-OH is 2. The molecule has 4 rings (SSSR count). The van der Waals surface area contributed by atoms with Crippen LogP contribution in [0, 0.1) is 0 Å². The maximum absolute atomic E-state index is 12.7. The molecule has 0 radical (unpaired) electrons. The number of hydrogen-bond acceptors (Lipinski definition) is 9. The van der Waals surface area contributed by atoms with Gasteiger partial charge in [-0.1, -0.05) is 6.07 Å². The Morgan fingerprint density at radius 3 is 2.97 bits per heavy atom. The molecule has 29 heavy (non-hydrogen) atoms. The molecular weight excluding hydrogens is 380 g/mol. The topological polar surface area (TPSA) is 158 Å². The first-order valence-corrected chi connectivity index (χ1v) is 8.85. The Morgan fingerprint density at radius 1 is 1.38 bits per heavy atom. The van der Waals surface area contributed by atoms with Crippen LogP contribution in [0.4, 0.5) is 5.82 Å². The molecule has 11 nitrogen and oxygen atoms in total. The predicted octanol–water partition coefficient (Wildman–Crippen LogP) is -0.534. The van der Waals surface area contributed by atoms with Gasteiger partial charge in [-0.15, -0.1) is 0 Å². The van der Waals surface area contributed by atoms with E-state index in [4.69, 9.17) is 15.2 Å². The van der Waals surface area contributed by atoms with Crippen molar-refractivity contribution in [3.63, 3.8) is 0 Å². The van der Waals surface area contributed by atoms with E-state index >= 15 is 0 Å². The Kier molecular flexibility index (Phi) is 5.01. The van der Waals surface area contributed by atoms with Crippen LogP contribution in [-0.4, -0.2) is 67.6 Å². The molecule has 0 saturated carbocycles. The normalized spacial score (nSPS) is 24.0. The predicted molar refractivity (Wildman–Crippen MR) is 101 cm³/mol. The Bertz CT molecular complexity index is 1040. The number of fused-ring (bicyclic) bond motifs is 1. The van der Waals surface area contributed by atoms with Gasteiger partial charge in [-0.2, -0.15) is 0 Å². The summed E-state index contributed by atoms with van der Waals surface area (Å²) in [5.41, 5.74) is 6.89. The molecule has 1 amide bonds. The van der Waals surface area contributed by atoms with E-state index in [1.54, 1.807) is 24.3 Å². The number of carbonyl (C=O) groups excluding carboxylic acids is 1. The molecular formula is C18H20N6O5. The van der Waals surface area contributed by atoms with Gasteiger partial charge in [-0.3, -0.25) is 9.36 Å². The molecule has 0 bridgehead atoms. The number of anilines is 1. The summed E-state index contributed by atoms with van der Waals surface area (Å²) in [5.74, 6) is 0.292. The Labute approximate surface area is 165 Å². The summed E-state index contributed by atoms with van der Waals surface area (Å²) in [7, 11) is 1.50. The second-order valence-corrected chi connectivity index (χ2v) is 6.55. The first-order valence-electron chi connectivity index (χ1n) is 8.85. The highest BCUT2D eigenvalue weighted by Crippen LogP contribution is 2.32. The van der Waals surface area contributed by atoms with E-state index in [2.05, 4.69) is 20.3 Å². The van der Waals surface area contributed by atoms with Gasteiger partial charge in [0, 0.05) is 5.56 Å². The molecule has 152 valence electrons. The van der Waals surface area contributed by atoms with Crippen molar-refractivity contribution in [1.29, 1.82) is 0 Å². The lowest BCUT2D eigenvalue weighted by Gasteiger charge is -2.21. The van der Waals surface area contributed by atoms with E-state index in [1.165, 1.54) is 24.3 Å². The zero-order valence-corrected chi connectivity index (χ0v) is 15.5. The van der Waals surface area contributed by atoms with Gasteiger partial charge in [0.2, 0.25) is 0 Å². The van der Waals surface area contributed by atoms with E-state index in [9.17, 15) is 15.0 Å². The number of amides is 1. The number of aromatic nitrogens is 4. The molecule has 1 fully saturated rings. The average molecular weight is 400 g/mol. The van der Waals surface area contributed by atoms with Gasteiger partial charge in [-0.25, -0.2) is 15.0 Å². The summed E-state index contributed by atoms with van der Waals surface area (Å²) in [6, 6.07) is 5.73. The van der Waals surface area contributed by atoms with Crippen molar-refractivity contribution in [2.24, 2.45) is 0 Å². The Balaban J connectivity index is 1.59. The van der Waals surface area contributed by atoms with Crippen molar-refractivity contribution in [3.05, 3.63) is 42.5 Å². The van der Waals surface area contributed by atoms with Gasteiger partial charge in [-0.05, 0) is 18.2 Å². The standard InChI is InChI=1S/C18H20N6O5/c1-28-10-4-2-3-9(5-10)17(27)23-12-11(6-25)29-18(14(12)26)24-8-22-13-15(19)20-7-21-16(13)24/h2-5,7-8,11-12,14,18,25-26H,6H2,1H3,(H,23,27)(H2,19,20,21)/t11-,12+,14?,18-/m1/s1. The number of benzene rings is 1. The van der Waals surface area contributed by atoms with Crippen molar-refractivity contribution in [2.45, 2.75) is 24.5 Å². The second kappa shape index (κ2) is 7.62. The maximum Gasteiger partial charge on any atom is 0.251 e. The Morgan fingerprint density at radius 2 is 2.21 bits per heavy atom. The minimum Gasteiger partial charge on any atom is -0.497 e. The number of nitrogens with zero attached hydrogens (tertiary/aromatic N) is 4. The number of nitrogen functional groups attached to an aromatic ring is 1. The molecule has 1 aromatic carbocycles. The minimum absolute atomic E-state index is 0.197. The number of imidazole rings is 1. The number of rotatable bonds is 5. The summed E-state index contributed by atoms with van der Waals surface area (Å²) in [4.78, 5) is 24.8. The van der Waals surface area contributed by atoms with Crippen LogP contribution < -0.4 is 15.8 Å². The van der Waals surface area contributed by atoms with E-state index in [0.29, 0.717) is 22.5 Å². The highest BCUT2D eigenvalue weighted by molar-refractivity contribution is 5.94. The number of carbonyl (C=O) groups is 1.